The molecule has 1 aromatic carbocycles. The Bertz CT molecular complexity index is 659. The second kappa shape index (κ2) is 8.34. The summed E-state index contributed by atoms with van der Waals surface area (Å²) in [5, 5.41) is 12.0. The summed E-state index contributed by atoms with van der Waals surface area (Å²) in [6.07, 6.45) is 1.72. The average Bonchev–Trinajstić information content (AvgIpc) is 2.60. The van der Waals surface area contributed by atoms with E-state index < -0.39 is 17.4 Å². The van der Waals surface area contributed by atoms with E-state index in [9.17, 15) is 19.5 Å². The van der Waals surface area contributed by atoms with Crippen LogP contribution in [-0.2, 0) is 9.59 Å². The standard InChI is InChI=1S/C20H28N2O4/c1-14(2)12-16(18(24)25)21-19(26)20(3)10-7-11-22(13-20)17(23)15-8-5-4-6-9-15/h4-6,8-9,14,16H,7,10-13H2,1-3H3,(H,21,26)(H,24,25)/t16-,20?/m1/s1. The number of aliphatic carboxylic acids is 1. The summed E-state index contributed by atoms with van der Waals surface area (Å²) in [7, 11) is 0. The predicted molar refractivity (Wildman–Crippen MR) is 98.7 cm³/mol. The van der Waals surface area contributed by atoms with Crippen molar-refractivity contribution in [2.24, 2.45) is 11.3 Å². The van der Waals surface area contributed by atoms with Gasteiger partial charge in [-0.15, -0.1) is 0 Å². The van der Waals surface area contributed by atoms with Crippen molar-refractivity contribution < 1.29 is 19.5 Å². The molecule has 1 aliphatic heterocycles. The van der Waals surface area contributed by atoms with Gasteiger partial charge in [0.2, 0.25) is 5.91 Å². The highest BCUT2D eigenvalue weighted by atomic mass is 16.4. The highest BCUT2D eigenvalue weighted by Gasteiger charge is 2.40. The van der Waals surface area contributed by atoms with Crippen molar-refractivity contribution in [1.29, 1.82) is 0 Å². The van der Waals surface area contributed by atoms with E-state index in [4.69, 9.17) is 0 Å². The molecule has 0 spiro atoms. The lowest BCUT2D eigenvalue weighted by molar-refractivity contribution is -0.145. The van der Waals surface area contributed by atoms with Crippen LogP contribution in [0.25, 0.3) is 0 Å². The molecule has 6 nitrogen and oxygen atoms in total. The molecule has 2 amide bonds. The van der Waals surface area contributed by atoms with Crippen molar-refractivity contribution in [2.75, 3.05) is 13.1 Å². The fourth-order valence-electron chi connectivity index (χ4n) is 3.39. The van der Waals surface area contributed by atoms with Crippen molar-refractivity contribution in [3.8, 4) is 0 Å². The van der Waals surface area contributed by atoms with Crippen molar-refractivity contribution in [1.82, 2.24) is 10.2 Å². The fraction of sp³-hybridized carbons (Fsp3) is 0.550. The van der Waals surface area contributed by atoms with E-state index in [0.717, 1.165) is 0 Å². The van der Waals surface area contributed by atoms with Crippen molar-refractivity contribution >= 4 is 17.8 Å². The van der Waals surface area contributed by atoms with E-state index in [1.54, 1.807) is 24.0 Å². The van der Waals surface area contributed by atoms with Crippen LogP contribution in [0.1, 0.15) is 50.4 Å². The maximum atomic E-state index is 12.8. The third-order valence-corrected chi connectivity index (χ3v) is 4.86. The normalized spacial score (nSPS) is 21.3. The fourth-order valence-corrected chi connectivity index (χ4v) is 3.39. The van der Waals surface area contributed by atoms with Gasteiger partial charge < -0.3 is 15.3 Å². The number of benzene rings is 1. The van der Waals surface area contributed by atoms with Gasteiger partial charge in [-0.3, -0.25) is 9.59 Å². The molecule has 0 saturated carbocycles. The van der Waals surface area contributed by atoms with Gasteiger partial charge in [-0.05, 0) is 44.2 Å². The van der Waals surface area contributed by atoms with Gasteiger partial charge in [0.05, 0.1) is 5.41 Å². The molecular formula is C20H28N2O4. The van der Waals surface area contributed by atoms with Gasteiger partial charge in [-0.25, -0.2) is 4.79 Å². The second-order valence-corrected chi connectivity index (χ2v) is 7.75. The van der Waals surface area contributed by atoms with Crippen LogP contribution < -0.4 is 5.32 Å². The highest BCUT2D eigenvalue weighted by Crippen LogP contribution is 2.31. The molecule has 2 rings (SSSR count). The molecule has 26 heavy (non-hydrogen) atoms. The van der Waals surface area contributed by atoms with Crippen LogP contribution in [0.5, 0.6) is 0 Å². The molecule has 142 valence electrons. The topological polar surface area (TPSA) is 86.7 Å². The van der Waals surface area contributed by atoms with E-state index >= 15 is 0 Å². The first-order valence-corrected chi connectivity index (χ1v) is 9.11. The van der Waals surface area contributed by atoms with Crippen LogP contribution in [0, 0.1) is 11.3 Å². The van der Waals surface area contributed by atoms with Crippen LogP contribution in [0.4, 0.5) is 0 Å². The first-order chi connectivity index (χ1) is 12.2. The second-order valence-electron chi connectivity index (χ2n) is 7.75. The molecule has 1 fully saturated rings. The molecule has 1 aliphatic rings. The number of hydrogen-bond acceptors (Lipinski definition) is 3. The van der Waals surface area contributed by atoms with Gasteiger partial charge in [0, 0.05) is 18.7 Å². The molecule has 2 N–H and O–H groups in total. The number of likely N-dealkylation sites (tertiary alicyclic amines) is 1. The van der Waals surface area contributed by atoms with Gasteiger partial charge >= 0.3 is 5.97 Å². The number of hydrogen-bond donors (Lipinski definition) is 2. The first kappa shape index (κ1) is 19.9. The number of carbonyl (C=O) groups excluding carboxylic acids is 2. The van der Waals surface area contributed by atoms with Crippen LogP contribution in [0.15, 0.2) is 30.3 Å². The quantitative estimate of drug-likeness (QED) is 0.816. The van der Waals surface area contributed by atoms with E-state index in [2.05, 4.69) is 5.32 Å². The van der Waals surface area contributed by atoms with Gasteiger partial charge in [-0.2, -0.15) is 0 Å². The molecule has 0 aromatic heterocycles. The van der Waals surface area contributed by atoms with Crippen molar-refractivity contribution in [2.45, 2.75) is 46.1 Å². The van der Waals surface area contributed by atoms with Crippen molar-refractivity contribution in [3.05, 3.63) is 35.9 Å². The number of carbonyl (C=O) groups is 3. The zero-order valence-corrected chi connectivity index (χ0v) is 15.7. The maximum absolute atomic E-state index is 12.8. The molecule has 0 radical (unpaired) electrons. The molecule has 0 aliphatic carbocycles. The minimum atomic E-state index is -1.02. The number of piperidine rings is 1. The largest absolute Gasteiger partial charge is 0.480 e. The average molecular weight is 360 g/mol. The molecule has 2 atom stereocenters. The van der Waals surface area contributed by atoms with Gasteiger partial charge in [0.15, 0.2) is 0 Å². The third-order valence-electron chi connectivity index (χ3n) is 4.86. The van der Waals surface area contributed by atoms with Gasteiger partial charge in [0.25, 0.3) is 5.91 Å². The molecule has 6 heteroatoms. The van der Waals surface area contributed by atoms with Crippen LogP contribution >= 0.6 is 0 Å². The van der Waals surface area contributed by atoms with E-state index in [1.807, 2.05) is 32.0 Å². The Labute approximate surface area is 154 Å². The number of carboxylic acid groups (broad SMARTS) is 1. The lowest BCUT2D eigenvalue weighted by atomic mass is 9.80. The summed E-state index contributed by atoms with van der Waals surface area (Å²) in [5.74, 6) is -1.26. The Morgan fingerprint density at radius 1 is 1.23 bits per heavy atom. The SMILES string of the molecule is CC(C)C[C@@H](NC(=O)C1(C)CCCN(C(=O)c2ccccc2)C1)C(=O)O. The maximum Gasteiger partial charge on any atom is 0.326 e. The molecule has 0 bridgehead atoms. The Kier molecular flexibility index (Phi) is 6.40. The van der Waals surface area contributed by atoms with E-state index in [1.165, 1.54) is 0 Å². The van der Waals surface area contributed by atoms with E-state index in [-0.39, 0.29) is 17.7 Å². The number of amides is 2. The van der Waals surface area contributed by atoms with Crippen LogP contribution in [-0.4, -0.2) is 46.9 Å². The monoisotopic (exact) mass is 360 g/mol. The summed E-state index contributed by atoms with van der Waals surface area (Å²) in [5.41, 5.74) is -0.187. The number of rotatable bonds is 6. The number of nitrogens with zero attached hydrogens (tertiary/aromatic N) is 1. The lowest BCUT2D eigenvalue weighted by Gasteiger charge is -2.40. The summed E-state index contributed by atoms with van der Waals surface area (Å²) in [6, 6.07) is 8.10. The van der Waals surface area contributed by atoms with Crippen LogP contribution in [0.3, 0.4) is 0 Å². The number of nitrogens with one attached hydrogen (secondary N) is 1. The summed E-state index contributed by atoms with van der Waals surface area (Å²) >= 11 is 0. The molecular weight excluding hydrogens is 332 g/mol. The molecule has 1 unspecified atom stereocenters. The van der Waals surface area contributed by atoms with Gasteiger partial charge in [0.1, 0.15) is 6.04 Å². The first-order valence-electron chi connectivity index (χ1n) is 9.11. The summed E-state index contributed by atoms with van der Waals surface area (Å²) < 4.78 is 0. The zero-order valence-electron chi connectivity index (χ0n) is 15.7. The predicted octanol–water partition coefficient (Wildman–Crippen LogP) is 2.54. The van der Waals surface area contributed by atoms with Gasteiger partial charge in [-0.1, -0.05) is 32.0 Å². The molecule has 1 aromatic rings. The lowest BCUT2D eigenvalue weighted by Crippen LogP contribution is -2.55. The Balaban J connectivity index is 2.08. The highest BCUT2D eigenvalue weighted by molar-refractivity contribution is 5.95. The Morgan fingerprint density at radius 2 is 1.88 bits per heavy atom. The smallest absolute Gasteiger partial charge is 0.326 e. The Hall–Kier alpha value is -2.37. The minimum absolute atomic E-state index is 0.0960. The Morgan fingerprint density at radius 3 is 2.46 bits per heavy atom. The molecule has 1 heterocycles. The summed E-state index contributed by atoms with van der Waals surface area (Å²) in [4.78, 5) is 38.6. The third kappa shape index (κ3) is 4.84. The van der Waals surface area contributed by atoms with Crippen LogP contribution in [0.2, 0.25) is 0 Å². The summed E-state index contributed by atoms with van der Waals surface area (Å²) in [6.45, 7) is 6.54. The molecule has 1 saturated heterocycles. The zero-order chi connectivity index (χ0) is 19.3. The van der Waals surface area contributed by atoms with E-state index in [0.29, 0.717) is 37.9 Å². The minimum Gasteiger partial charge on any atom is -0.480 e. The van der Waals surface area contributed by atoms with Crippen molar-refractivity contribution in [3.63, 3.8) is 0 Å². The number of carboxylic acids is 1.